The highest BCUT2D eigenvalue weighted by molar-refractivity contribution is 9.10. The van der Waals surface area contributed by atoms with Crippen molar-refractivity contribution in [3.63, 3.8) is 0 Å². The molecule has 1 heterocycles. The molecule has 3 nitrogen and oxygen atoms in total. The van der Waals surface area contributed by atoms with Gasteiger partial charge in [-0.3, -0.25) is 4.79 Å². The van der Waals surface area contributed by atoms with Gasteiger partial charge in [0.2, 0.25) is 0 Å². The predicted molar refractivity (Wildman–Crippen MR) is 57.1 cm³/mol. The Morgan fingerprint density at radius 1 is 1.36 bits per heavy atom. The molecule has 2 N–H and O–H groups in total. The quantitative estimate of drug-likeness (QED) is 0.832. The van der Waals surface area contributed by atoms with Crippen molar-refractivity contribution in [2.24, 2.45) is 5.73 Å². The van der Waals surface area contributed by atoms with Crippen LogP contribution < -0.4 is 5.73 Å². The van der Waals surface area contributed by atoms with Crippen molar-refractivity contribution in [1.82, 2.24) is 4.98 Å². The monoisotopic (exact) mass is 254 g/mol. The zero-order chi connectivity index (χ0) is 10.1. The number of nitrogens with two attached hydrogens (primary N) is 1. The highest BCUT2D eigenvalue weighted by atomic mass is 79.9. The highest BCUT2D eigenvalue weighted by Gasteiger charge is 2.19. The van der Waals surface area contributed by atoms with E-state index in [-0.39, 0.29) is 0 Å². The lowest BCUT2D eigenvalue weighted by molar-refractivity contribution is 0.0994. The van der Waals surface area contributed by atoms with E-state index in [1.807, 2.05) is 0 Å². The first kappa shape index (κ1) is 9.65. The molecule has 0 bridgehead atoms. The highest BCUT2D eigenvalue weighted by Crippen LogP contribution is 2.29. The summed E-state index contributed by atoms with van der Waals surface area (Å²) >= 11 is 3.45. The molecule has 0 unspecified atom stereocenters. The molecule has 1 aromatic heterocycles. The van der Waals surface area contributed by atoms with Crippen LogP contribution in [0.4, 0.5) is 0 Å². The molecule has 14 heavy (non-hydrogen) atoms. The molecule has 2 rings (SSSR count). The maximum atomic E-state index is 11.1. The number of rotatable bonds is 1. The molecule has 4 heteroatoms. The van der Waals surface area contributed by atoms with Crippen molar-refractivity contribution in [3.8, 4) is 0 Å². The Morgan fingerprint density at radius 2 is 2.00 bits per heavy atom. The molecule has 1 aromatic rings. The first-order chi connectivity index (χ1) is 6.70. The van der Waals surface area contributed by atoms with E-state index in [1.54, 1.807) is 6.20 Å². The van der Waals surface area contributed by atoms with Crippen LogP contribution in [0.3, 0.4) is 0 Å². The second-order valence-electron chi connectivity index (χ2n) is 3.48. The third-order valence-corrected chi connectivity index (χ3v) is 3.27. The first-order valence-electron chi connectivity index (χ1n) is 4.66. The van der Waals surface area contributed by atoms with Gasteiger partial charge in [-0.15, -0.1) is 0 Å². The van der Waals surface area contributed by atoms with Gasteiger partial charge in [0.05, 0.1) is 0 Å². The van der Waals surface area contributed by atoms with Gasteiger partial charge in [0.1, 0.15) is 5.69 Å². The van der Waals surface area contributed by atoms with Crippen LogP contribution in [0.15, 0.2) is 10.7 Å². The third-order valence-electron chi connectivity index (χ3n) is 2.58. The van der Waals surface area contributed by atoms with Crippen molar-refractivity contribution in [2.45, 2.75) is 25.7 Å². The standard InChI is InChI=1S/C10H11BrN2O/c11-8-5-13-9(10(12)14)7-4-2-1-3-6(7)8/h5H,1-4H2,(H2,12,14). The van der Waals surface area contributed by atoms with Crippen LogP contribution in [0.5, 0.6) is 0 Å². The number of aromatic nitrogens is 1. The minimum absolute atomic E-state index is 0.421. The van der Waals surface area contributed by atoms with Crippen molar-refractivity contribution in [3.05, 3.63) is 27.5 Å². The molecule has 0 saturated heterocycles. The molecule has 0 atom stereocenters. The number of primary amides is 1. The number of carbonyl (C=O) groups is 1. The molecule has 0 fully saturated rings. The molecule has 0 saturated carbocycles. The maximum absolute atomic E-state index is 11.1. The van der Waals surface area contributed by atoms with Gasteiger partial charge >= 0.3 is 0 Å². The summed E-state index contributed by atoms with van der Waals surface area (Å²) in [4.78, 5) is 15.2. The Bertz CT molecular complexity index is 390. The second kappa shape index (κ2) is 3.69. The van der Waals surface area contributed by atoms with Gasteiger partial charge in [-0.05, 0) is 52.7 Å². The van der Waals surface area contributed by atoms with Gasteiger partial charge in [-0.2, -0.15) is 0 Å². The molecule has 74 valence electrons. The smallest absolute Gasteiger partial charge is 0.267 e. The molecule has 0 aliphatic heterocycles. The number of hydrogen-bond acceptors (Lipinski definition) is 2. The van der Waals surface area contributed by atoms with E-state index < -0.39 is 5.91 Å². The lowest BCUT2D eigenvalue weighted by atomic mass is 9.91. The molecule has 0 spiro atoms. The number of nitrogens with zero attached hydrogens (tertiary/aromatic N) is 1. The Hall–Kier alpha value is -0.900. The molecule has 1 aliphatic carbocycles. The predicted octanol–water partition coefficient (Wildman–Crippen LogP) is 1.82. The molecule has 0 radical (unpaired) electrons. The van der Waals surface area contributed by atoms with Crippen molar-refractivity contribution < 1.29 is 4.79 Å². The van der Waals surface area contributed by atoms with Gasteiger partial charge in [-0.25, -0.2) is 4.98 Å². The summed E-state index contributed by atoms with van der Waals surface area (Å²) in [5, 5.41) is 0. The average Bonchev–Trinajstić information content (AvgIpc) is 2.18. The van der Waals surface area contributed by atoms with E-state index in [9.17, 15) is 4.79 Å². The summed E-state index contributed by atoms with van der Waals surface area (Å²) in [5.41, 5.74) is 7.97. The van der Waals surface area contributed by atoms with Crippen LogP contribution >= 0.6 is 15.9 Å². The van der Waals surface area contributed by atoms with E-state index in [4.69, 9.17) is 5.73 Å². The van der Waals surface area contributed by atoms with Crippen LogP contribution in [-0.4, -0.2) is 10.9 Å². The molecule has 0 aromatic carbocycles. The van der Waals surface area contributed by atoms with Crippen LogP contribution in [0.1, 0.15) is 34.5 Å². The molecule has 1 aliphatic rings. The summed E-state index contributed by atoms with van der Waals surface area (Å²) in [6, 6.07) is 0. The van der Waals surface area contributed by atoms with Crippen LogP contribution in [0.2, 0.25) is 0 Å². The minimum atomic E-state index is -0.421. The second-order valence-corrected chi connectivity index (χ2v) is 4.34. The fourth-order valence-corrected chi connectivity index (χ4v) is 2.46. The molecular formula is C10H11BrN2O. The zero-order valence-corrected chi connectivity index (χ0v) is 9.30. The van der Waals surface area contributed by atoms with E-state index in [0.29, 0.717) is 5.69 Å². The molecular weight excluding hydrogens is 244 g/mol. The van der Waals surface area contributed by atoms with Gasteiger partial charge in [0.15, 0.2) is 0 Å². The van der Waals surface area contributed by atoms with Crippen molar-refractivity contribution in [2.75, 3.05) is 0 Å². The van der Waals surface area contributed by atoms with Gasteiger partial charge < -0.3 is 5.73 Å². The third kappa shape index (κ3) is 1.54. The number of halogens is 1. The van der Waals surface area contributed by atoms with Gasteiger partial charge in [0.25, 0.3) is 5.91 Å². The van der Waals surface area contributed by atoms with E-state index in [0.717, 1.165) is 29.3 Å². The number of hydrogen-bond donors (Lipinski definition) is 1. The maximum Gasteiger partial charge on any atom is 0.267 e. The fourth-order valence-electron chi connectivity index (χ4n) is 1.92. The normalized spacial score (nSPS) is 14.9. The Balaban J connectivity index is 2.59. The fraction of sp³-hybridized carbons (Fsp3) is 0.400. The summed E-state index contributed by atoms with van der Waals surface area (Å²) in [7, 11) is 0. The number of fused-ring (bicyclic) bond motifs is 1. The Labute approximate surface area is 90.8 Å². The van der Waals surface area contributed by atoms with Gasteiger partial charge in [-0.1, -0.05) is 0 Å². The number of carbonyl (C=O) groups excluding carboxylic acids is 1. The first-order valence-corrected chi connectivity index (χ1v) is 5.45. The van der Waals surface area contributed by atoms with E-state index in [2.05, 4.69) is 20.9 Å². The summed E-state index contributed by atoms with van der Waals surface area (Å²) < 4.78 is 0.997. The van der Waals surface area contributed by atoms with Gasteiger partial charge in [0, 0.05) is 10.7 Å². The Morgan fingerprint density at radius 3 is 2.64 bits per heavy atom. The SMILES string of the molecule is NC(=O)c1ncc(Br)c2c1CCCC2. The number of pyridine rings is 1. The van der Waals surface area contributed by atoms with Crippen molar-refractivity contribution in [1.29, 1.82) is 0 Å². The summed E-state index contributed by atoms with van der Waals surface area (Å²) in [6.45, 7) is 0. The van der Waals surface area contributed by atoms with Crippen LogP contribution in [-0.2, 0) is 12.8 Å². The topological polar surface area (TPSA) is 56.0 Å². The van der Waals surface area contributed by atoms with Crippen LogP contribution in [0, 0.1) is 0 Å². The average molecular weight is 255 g/mol. The summed E-state index contributed by atoms with van der Waals surface area (Å²) in [6.07, 6.45) is 5.89. The Kier molecular flexibility index (Phi) is 2.54. The largest absolute Gasteiger partial charge is 0.364 e. The van der Waals surface area contributed by atoms with E-state index in [1.165, 1.54) is 12.0 Å². The lowest BCUT2D eigenvalue weighted by Gasteiger charge is -2.18. The van der Waals surface area contributed by atoms with E-state index >= 15 is 0 Å². The summed E-state index contributed by atoms with van der Waals surface area (Å²) in [5.74, 6) is -0.421. The number of amides is 1. The zero-order valence-electron chi connectivity index (χ0n) is 7.72. The lowest BCUT2D eigenvalue weighted by Crippen LogP contribution is -2.19. The van der Waals surface area contributed by atoms with Crippen LogP contribution in [0.25, 0.3) is 0 Å². The van der Waals surface area contributed by atoms with Crippen molar-refractivity contribution >= 4 is 21.8 Å². The molecule has 1 amide bonds. The minimum Gasteiger partial charge on any atom is -0.364 e.